The van der Waals surface area contributed by atoms with E-state index in [9.17, 15) is 4.79 Å². The highest BCUT2D eigenvalue weighted by molar-refractivity contribution is 5.77. The van der Waals surface area contributed by atoms with Crippen molar-refractivity contribution < 1.29 is 4.79 Å². The number of amides is 1. The lowest BCUT2D eigenvalue weighted by molar-refractivity contribution is -0.120. The summed E-state index contributed by atoms with van der Waals surface area (Å²) in [5.41, 5.74) is 4.59. The summed E-state index contributed by atoms with van der Waals surface area (Å²) in [6.07, 6.45) is 7.06. The minimum Gasteiger partial charge on any atom is -0.294 e. The smallest absolute Gasteiger partial charge is 0.238 e. The summed E-state index contributed by atoms with van der Waals surface area (Å²) in [7, 11) is 0. The minimum absolute atomic E-state index is 0.143. The molecule has 3 nitrogen and oxygen atoms in total. The molecule has 0 radical (unpaired) electrons. The molecule has 1 fully saturated rings. The molecule has 1 aliphatic carbocycles. The summed E-state index contributed by atoms with van der Waals surface area (Å²) >= 11 is 0. The van der Waals surface area contributed by atoms with Crippen molar-refractivity contribution in [2.75, 3.05) is 0 Å². The molecule has 1 aliphatic rings. The molecule has 3 N–H and O–H groups in total. The highest BCUT2D eigenvalue weighted by atomic mass is 16.2. The molecule has 1 saturated carbocycles. The Morgan fingerprint density at radius 2 is 1.82 bits per heavy atom. The van der Waals surface area contributed by atoms with Gasteiger partial charge >= 0.3 is 0 Å². The van der Waals surface area contributed by atoms with E-state index in [4.69, 9.17) is 5.84 Å². The van der Waals surface area contributed by atoms with Gasteiger partial charge in [-0.15, -0.1) is 0 Å². The van der Waals surface area contributed by atoms with Crippen LogP contribution in [0.25, 0.3) is 0 Å². The lowest BCUT2D eigenvalue weighted by Gasteiger charge is -2.22. The third kappa shape index (κ3) is 3.30. The quantitative estimate of drug-likeness (QED) is 0.477. The Morgan fingerprint density at radius 1 is 1.18 bits per heavy atom. The predicted molar refractivity (Wildman–Crippen MR) is 68.3 cm³/mol. The molecule has 0 aliphatic heterocycles. The van der Waals surface area contributed by atoms with Gasteiger partial charge in [-0.05, 0) is 29.9 Å². The largest absolute Gasteiger partial charge is 0.294 e. The topological polar surface area (TPSA) is 55.1 Å². The van der Waals surface area contributed by atoms with E-state index in [1.165, 1.54) is 37.7 Å². The van der Waals surface area contributed by atoms with Crippen LogP contribution < -0.4 is 11.3 Å². The summed E-state index contributed by atoms with van der Waals surface area (Å²) in [6, 6.07) is 8.41. The molecule has 92 valence electrons. The first kappa shape index (κ1) is 12.1. The average molecular weight is 232 g/mol. The Bertz CT molecular complexity index is 366. The zero-order valence-electron chi connectivity index (χ0n) is 10.1. The van der Waals surface area contributed by atoms with Crippen molar-refractivity contribution >= 4 is 5.91 Å². The number of carbonyl (C=O) groups excluding carboxylic acids is 1. The van der Waals surface area contributed by atoms with E-state index < -0.39 is 0 Å². The van der Waals surface area contributed by atoms with Gasteiger partial charge in [0.05, 0.1) is 6.42 Å². The van der Waals surface area contributed by atoms with Crippen molar-refractivity contribution in [3.8, 4) is 0 Å². The Morgan fingerprint density at radius 3 is 2.41 bits per heavy atom. The summed E-state index contributed by atoms with van der Waals surface area (Å²) < 4.78 is 0. The number of nitrogens with one attached hydrogen (secondary N) is 1. The molecular weight excluding hydrogens is 212 g/mol. The molecule has 1 aromatic rings. The minimum atomic E-state index is -0.143. The summed E-state index contributed by atoms with van der Waals surface area (Å²) in [5, 5.41) is 0. The number of carbonyl (C=O) groups is 1. The van der Waals surface area contributed by atoms with Crippen LogP contribution in [0, 0.1) is 0 Å². The highest BCUT2D eigenvalue weighted by Crippen LogP contribution is 2.32. The van der Waals surface area contributed by atoms with Crippen LogP contribution >= 0.6 is 0 Å². The number of hydrazine groups is 1. The fourth-order valence-electron chi connectivity index (χ4n) is 2.58. The van der Waals surface area contributed by atoms with Gasteiger partial charge in [0.15, 0.2) is 0 Å². The van der Waals surface area contributed by atoms with Gasteiger partial charge in [0.2, 0.25) is 5.91 Å². The Kier molecular flexibility index (Phi) is 4.15. The maximum atomic E-state index is 11.1. The third-order valence-corrected chi connectivity index (χ3v) is 3.58. The van der Waals surface area contributed by atoms with Crippen molar-refractivity contribution in [2.24, 2.45) is 5.84 Å². The summed E-state index contributed by atoms with van der Waals surface area (Å²) in [5.74, 6) is 5.65. The molecule has 0 unspecified atom stereocenters. The van der Waals surface area contributed by atoms with Crippen LogP contribution in [0.4, 0.5) is 0 Å². The van der Waals surface area contributed by atoms with Gasteiger partial charge in [-0.2, -0.15) is 0 Å². The molecule has 1 amide bonds. The van der Waals surface area contributed by atoms with E-state index in [2.05, 4.69) is 17.6 Å². The van der Waals surface area contributed by atoms with E-state index in [1.807, 2.05) is 12.1 Å². The van der Waals surface area contributed by atoms with E-state index in [1.54, 1.807) is 0 Å². The van der Waals surface area contributed by atoms with Crippen LogP contribution in [0.2, 0.25) is 0 Å². The van der Waals surface area contributed by atoms with Crippen LogP contribution in [-0.4, -0.2) is 5.91 Å². The van der Waals surface area contributed by atoms with Gasteiger partial charge in [-0.25, -0.2) is 5.84 Å². The zero-order chi connectivity index (χ0) is 12.1. The Labute approximate surface area is 102 Å². The third-order valence-electron chi connectivity index (χ3n) is 3.58. The monoisotopic (exact) mass is 232 g/mol. The van der Waals surface area contributed by atoms with Crippen molar-refractivity contribution in [3.05, 3.63) is 35.4 Å². The molecule has 0 heterocycles. The first-order valence-electron chi connectivity index (χ1n) is 6.38. The van der Waals surface area contributed by atoms with Crippen LogP contribution in [-0.2, 0) is 11.2 Å². The molecule has 17 heavy (non-hydrogen) atoms. The van der Waals surface area contributed by atoms with Crippen LogP contribution in [0.15, 0.2) is 24.3 Å². The zero-order valence-corrected chi connectivity index (χ0v) is 10.1. The SMILES string of the molecule is NNC(=O)Cc1ccc(C2CCCCC2)cc1. The van der Waals surface area contributed by atoms with E-state index in [0.717, 1.165) is 11.5 Å². The highest BCUT2D eigenvalue weighted by Gasteiger charge is 2.15. The first-order valence-corrected chi connectivity index (χ1v) is 6.38. The van der Waals surface area contributed by atoms with Crippen molar-refractivity contribution in [1.29, 1.82) is 0 Å². The van der Waals surface area contributed by atoms with Gasteiger partial charge < -0.3 is 0 Å². The van der Waals surface area contributed by atoms with Crippen LogP contribution in [0.5, 0.6) is 0 Å². The molecular formula is C14H20N2O. The van der Waals surface area contributed by atoms with E-state index in [0.29, 0.717) is 6.42 Å². The van der Waals surface area contributed by atoms with E-state index >= 15 is 0 Å². The number of benzene rings is 1. The second kappa shape index (κ2) is 5.82. The van der Waals surface area contributed by atoms with Gasteiger partial charge in [-0.3, -0.25) is 10.2 Å². The predicted octanol–water partition coefficient (Wildman–Crippen LogP) is 2.27. The van der Waals surface area contributed by atoms with Crippen molar-refractivity contribution in [2.45, 2.75) is 44.4 Å². The summed E-state index contributed by atoms with van der Waals surface area (Å²) in [4.78, 5) is 11.1. The number of rotatable bonds is 3. The van der Waals surface area contributed by atoms with Gasteiger partial charge in [0, 0.05) is 0 Å². The fourth-order valence-corrected chi connectivity index (χ4v) is 2.58. The fraction of sp³-hybridized carbons (Fsp3) is 0.500. The molecule has 0 atom stereocenters. The standard InChI is InChI=1S/C14H20N2O/c15-16-14(17)10-11-6-8-13(9-7-11)12-4-2-1-3-5-12/h6-9,12H,1-5,10,15H2,(H,16,17). The van der Waals surface area contributed by atoms with Crippen molar-refractivity contribution in [3.63, 3.8) is 0 Å². The van der Waals surface area contributed by atoms with Crippen molar-refractivity contribution in [1.82, 2.24) is 5.43 Å². The molecule has 3 heteroatoms. The lowest BCUT2D eigenvalue weighted by Crippen LogP contribution is -2.31. The number of hydrogen-bond donors (Lipinski definition) is 2. The molecule has 1 aromatic carbocycles. The Hall–Kier alpha value is -1.35. The Balaban J connectivity index is 1.99. The maximum Gasteiger partial charge on any atom is 0.238 e. The second-order valence-corrected chi connectivity index (χ2v) is 4.82. The molecule has 0 spiro atoms. The normalized spacial score (nSPS) is 16.8. The van der Waals surface area contributed by atoms with Gasteiger partial charge in [-0.1, -0.05) is 43.5 Å². The van der Waals surface area contributed by atoms with Gasteiger partial charge in [0.25, 0.3) is 0 Å². The van der Waals surface area contributed by atoms with Crippen LogP contribution in [0.1, 0.15) is 49.1 Å². The second-order valence-electron chi connectivity index (χ2n) is 4.82. The molecule has 0 aromatic heterocycles. The van der Waals surface area contributed by atoms with Gasteiger partial charge in [0.1, 0.15) is 0 Å². The average Bonchev–Trinajstić information content (AvgIpc) is 2.40. The van der Waals surface area contributed by atoms with E-state index in [-0.39, 0.29) is 5.91 Å². The summed E-state index contributed by atoms with van der Waals surface area (Å²) in [6.45, 7) is 0. The number of nitrogens with two attached hydrogens (primary N) is 1. The number of hydrogen-bond acceptors (Lipinski definition) is 2. The molecule has 0 saturated heterocycles. The molecule has 2 rings (SSSR count). The maximum absolute atomic E-state index is 11.1. The lowest BCUT2D eigenvalue weighted by atomic mass is 9.84. The molecule has 0 bridgehead atoms. The van der Waals surface area contributed by atoms with Crippen LogP contribution in [0.3, 0.4) is 0 Å². The first-order chi connectivity index (χ1) is 8.29.